The summed E-state index contributed by atoms with van der Waals surface area (Å²) < 4.78 is 6.31. The van der Waals surface area contributed by atoms with Crippen molar-refractivity contribution in [3.05, 3.63) is 45.6 Å². The minimum Gasteiger partial charge on any atom is -0.459 e. The normalized spacial score (nSPS) is 23.0. The van der Waals surface area contributed by atoms with E-state index in [1.165, 1.54) is 11.8 Å². The zero-order valence-electron chi connectivity index (χ0n) is 14.4. The number of esters is 1. The van der Waals surface area contributed by atoms with Gasteiger partial charge in [0.05, 0.1) is 28.7 Å². The quantitative estimate of drug-likeness (QED) is 0.689. The smallest absolute Gasteiger partial charge is 0.338 e. The fraction of sp³-hybridized carbons (Fsp3) is 0.389. The molecule has 0 aromatic heterocycles. The highest BCUT2D eigenvalue weighted by Crippen LogP contribution is 2.43. The summed E-state index contributed by atoms with van der Waals surface area (Å²) in [5, 5.41) is 0.419. The number of aliphatic imine (C=N–C) groups is 1. The summed E-state index contributed by atoms with van der Waals surface area (Å²) in [4.78, 5) is 31.6. The maximum Gasteiger partial charge on any atom is 0.338 e. The molecule has 3 rings (SSSR count). The van der Waals surface area contributed by atoms with Gasteiger partial charge in [-0.1, -0.05) is 39.8 Å². The first-order chi connectivity index (χ1) is 11.8. The molecule has 0 spiro atoms. The van der Waals surface area contributed by atoms with Crippen molar-refractivity contribution in [3.63, 3.8) is 0 Å². The number of carbonyl (C=O) groups excluding carboxylic acids is 2. The van der Waals surface area contributed by atoms with Gasteiger partial charge in [0.1, 0.15) is 0 Å². The van der Waals surface area contributed by atoms with Crippen LogP contribution in [0.3, 0.4) is 0 Å². The predicted molar refractivity (Wildman–Crippen MR) is 102 cm³/mol. The minimum atomic E-state index is -0.527. The first-order valence-electron chi connectivity index (χ1n) is 8.05. The second-order valence-electron chi connectivity index (χ2n) is 6.27. The molecule has 1 amide bonds. The van der Waals surface area contributed by atoms with E-state index in [2.05, 4.69) is 20.9 Å². The molecule has 2 heterocycles. The SMILES string of the molecule is CC1=C(C(=O)OC(C)C)[C@@H](c2cccc(Br)c2)N2C(=O)[C@@H](C)SC2=N1. The summed E-state index contributed by atoms with van der Waals surface area (Å²) in [6.45, 7) is 7.25. The van der Waals surface area contributed by atoms with Crippen molar-refractivity contribution in [2.45, 2.75) is 45.1 Å². The molecule has 0 unspecified atom stereocenters. The number of amides is 1. The lowest BCUT2D eigenvalue weighted by atomic mass is 9.94. The summed E-state index contributed by atoms with van der Waals surface area (Å²) >= 11 is 4.89. The number of carbonyl (C=O) groups is 2. The largest absolute Gasteiger partial charge is 0.459 e. The van der Waals surface area contributed by atoms with Crippen LogP contribution < -0.4 is 0 Å². The predicted octanol–water partition coefficient (Wildman–Crippen LogP) is 4.05. The Kier molecular flexibility index (Phi) is 5.06. The van der Waals surface area contributed by atoms with Crippen LogP contribution in [0.1, 0.15) is 39.3 Å². The zero-order chi connectivity index (χ0) is 18.3. The highest BCUT2D eigenvalue weighted by atomic mass is 79.9. The van der Waals surface area contributed by atoms with Crippen LogP contribution in [0.2, 0.25) is 0 Å². The van der Waals surface area contributed by atoms with Gasteiger partial charge in [0.25, 0.3) is 0 Å². The summed E-state index contributed by atoms with van der Waals surface area (Å²) in [5.41, 5.74) is 1.86. The molecule has 1 saturated heterocycles. The molecule has 1 aromatic carbocycles. The number of halogens is 1. The van der Waals surface area contributed by atoms with Gasteiger partial charge in [0.2, 0.25) is 5.91 Å². The topological polar surface area (TPSA) is 59.0 Å². The van der Waals surface area contributed by atoms with E-state index in [0.717, 1.165) is 10.0 Å². The molecule has 0 N–H and O–H groups in total. The number of ether oxygens (including phenoxy) is 1. The van der Waals surface area contributed by atoms with Crippen LogP contribution in [-0.4, -0.2) is 33.3 Å². The Hall–Kier alpha value is -1.60. The van der Waals surface area contributed by atoms with Crippen molar-refractivity contribution in [1.29, 1.82) is 0 Å². The van der Waals surface area contributed by atoms with Crippen molar-refractivity contribution < 1.29 is 14.3 Å². The maximum atomic E-state index is 12.8. The monoisotopic (exact) mass is 422 g/mol. The van der Waals surface area contributed by atoms with Gasteiger partial charge in [0.15, 0.2) is 5.17 Å². The molecule has 7 heteroatoms. The Morgan fingerprint density at radius 2 is 2.12 bits per heavy atom. The van der Waals surface area contributed by atoms with E-state index in [1.54, 1.807) is 25.7 Å². The molecule has 1 aromatic rings. The Morgan fingerprint density at radius 1 is 1.40 bits per heavy atom. The van der Waals surface area contributed by atoms with Crippen LogP contribution in [0.4, 0.5) is 0 Å². The Labute approximate surface area is 159 Å². The van der Waals surface area contributed by atoms with Crippen LogP contribution in [0.5, 0.6) is 0 Å². The lowest BCUT2D eigenvalue weighted by molar-refractivity contribution is -0.143. The Balaban J connectivity index is 2.14. The van der Waals surface area contributed by atoms with E-state index in [-0.39, 0.29) is 17.3 Å². The number of rotatable bonds is 3. The molecule has 132 valence electrons. The number of allylic oxidation sites excluding steroid dienone is 1. The lowest BCUT2D eigenvalue weighted by Gasteiger charge is -2.33. The Morgan fingerprint density at radius 3 is 2.76 bits per heavy atom. The number of benzene rings is 1. The number of fused-ring (bicyclic) bond motifs is 1. The standard InChI is InChI=1S/C18H19BrN2O3S/c1-9(2)24-17(23)14-10(3)20-18-21(16(22)11(4)25-18)15(14)12-6-5-7-13(19)8-12/h5-9,11,15H,1-4H3/t11-,15-/m1/s1. The molecule has 0 radical (unpaired) electrons. The zero-order valence-corrected chi connectivity index (χ0v) is 16.8. The number of thioether (sulfide) groups is 1. The third-order valence-electron chi connectivity index (χ3n) is 3.99. The number of hydrogen-bond donors (Lipinski definition) is 0. The second-order valence-corrected chi connectivity index (χ2v) is 8.50. The molecular formula is C18H19BrN2O3S. The van der Waals surface area contributed by atoms with Gasteiger partial charge in [-0.3, -0.25) is 9.69 Å². The summed E-state index contributed by atoms with van der Waals surface area (Å²) in [6, 6.07) is 7.11. The average molecular weight is 423 g/mol. The van der Waals surface area contributed by atoms with Gasteiger partial charge in [-0.2, -0.15) is 0 Å². The summed E-state index contributed by atoms with van der Waals surface area (Å²) in [6.07, 6.45) is -0.246. The van der Waals surface area contributed by atoms with Crippen molar-refractivity contribution >= 4 is 44.7 Å². The van der Waals surface area contributed by atoms with Gasteiger partial charge in [0, 0.05) is 4.47 Å². The summed E-state index contributed by atoms with van der Waals surface area (Å²) in [7, 11) is 0. The van der Waals surface area contributed by atoms with Gasteiger partial charge in [-0.15, -0.1) is 0 Å². The molecule has 0 aliphatic carbocycles. The molecule has 25 heavy (non-hydrogen) atoms. The average Bonchev–Trinajstić information content (AvgIpc) is 2.79. The van der Waals surface area contributed by atoms with E-state index in [9.17, 15) is 9.59 Å². The third-order valence-corrected chi connectivity index (χ3v) is 5.53. The highest BCUT2D eigenvalue weighted by molar-refractivity contribution is 9.10. The van der Waals surface area contributed by atoms with Crippen LogP contribution in [-0.2, 0) is 14.3 Å². The molecular weight excluding hydrogens is 404 g/mol. The molecule has 0 bridgehead atoms. The molecule has 5 nitrogen and oxygen atoms in total. The van der Waals surface area contributed by atoms with E-state index in [4.69, 9.17) is 4.74 Å². The van der Waals surface area contributed by atoms with Crippen LogP contribution in [0.25, 0.3) is 0 Å². The van der Waals surface area contributed by atoms with Crippen molar-refractivity contribution in [3.8, 4) is 0 Å². The van der Waals surface area contributed by atoms with Crippen molar-refractivity contribution in [2.75, 3.05) is 0 Å². The second kappa shape index (κ2) is 6.96. The van der Waals surface area contributed by atoms with Gasteiger partial charge >= 0.3 is 5.97 Å². The molecule has 2 atom stereocenters. The van der Waals surface area contributed by atoms with E-state index >= 15 is 0 Å². The van der Waals surface area contributed by atoms with E-state index in [1.807, 2.05) is 31.2 Å². The van der Waals surface area contributed by atoms with Crippen molar-refractivity contribution in [1.82, 2.24) is 4.90 Å². The number of hydrogen-bond acceptors (Lipinski definition) is 5. The third kappa shape index (κ3) is 3.40. The first kappa shape index (κ1) is 18.2. The van der Waals surface area contributed by atoms with Gasteiger partial charge in [-0.25, -0.2) is 9.79 Å². The minimum absolute atomic E-state index is 0.0453. The maximum absolute atomic E-state index is 12.8. The Bertz CT molecular complexity index is 803. The van der Waals surface area contributed by atoms with Crippen molar-refractivity contribution in [2.24, 2.45) is 4.99 Å². The lowest BCUT2D eigenvalue weighted by Crippen LogP contribution is -2.40. The highest BCUT2D eigenvalue weighted by Gasteiger charge is 2.46. The van der Waals surface area contributed by atoms with Gasteiger partial charge < -0.3 is 4.74 Å². The molecule has 0 saturated carbocycles. The molecule has 2 aliphatic rings. The van der Waals surface area contributed by atoms with E-state index in [0.29, 0.717) is 16.4 Å². The summed E-state index contributed by atoms with van der Waals surface area (Å²) in [5.74, 6) is -0.478. The van der Waals surface area contributed by atoms with Crippen LogP contribution in [0, 0.1) is 0 Å². The first-order valence-corrected chi connectivity index (χ1v) is 9.72. The van der Waals surface area contributed by atoms with Gasteiger partial charge in [-0.05, 0) is 45.4 Å². The van der Waals surface area contributed by atoms with Crippen LogP contribution >= 0.6 is 27.7 Å². The fourth-order valence-corrected chi connectivity index (χ4v) is 4.38. The molecule has 2 aliphatic heterocycles. The fourth-order valence-electron chi connectivity index (χ4n) is 2.93. The number of nitrogens with zero attached hydrogens (tertiary/aromatic N) is 2. The molecule has 1 fully saturated rings. The van der Waals surface area contributed by atoms with E-state index < -0.39 is 12.0 Å². The number of amidine groups is 1. The van der Waals surface area contributed by atoms with Crippen LogP contribution in [0.15, 0.2) is 45.0 Å².